The van der Waals surface area contributed by atoms with E-state index in [2.05, 4.69) is 18.9 Å². The van der Waals surface area contributed by atoms with E-state index in [4.69, 9.17) is 5.73 Å². The molecule has 0 unspecified atom stereocenters. The highest BCUT2D eigenvalue weighted by Crippen LogP contribution is 2.21. The first-order chi connectivity index (χ1) is 4.66. The predicted octanol–water partition coefficient (Wildman–Crippen LogP) is 0.819. The molecular weight excluding hydrogens is 124 g/mol. The Morgan fingerprint density at radius 3 is 2.30 bits per heavy atom. The highest BCUT2D eigenvalue weighted by Gasteiger charge is 2.26. The number of nitrogens with two attached hydrogens (primary N) is 1. The van der Waals surface area contributed by atoms with Crippen molar-refractivity contribution >= 4 is 0 Å². The third-order valence-corrected chi connectivity index (χ3v) is 2.69. The van der Waals surface area contributed by atoms with Gasteiger partial charge in [-0.25, -0.2) is 0 Å². The van der Waals surface area contributed by atoms with Crippen LogP contribution in [0, 0.1) is 0 Å². The van der Waals surface area contributed by atoms with Crippen molar-refractivity contribution in [3.05, 3.63) is 0 Å². The SMILES string of the molecule is CCC1(N)CCN(C)CC1. The van der Waals surface area contributed by atoms with Crippen LogP contribution in [0.5, 0.6) is 0 Å². The lowest BCUT2D eigenvalue weighted by Gasteiger charge is -2.36. The summed E-state index contributed by atoms with van der Waals surface area (Å²) in [5.41, 5.74) is 6.25. The van der Waals surface area contributed by atoms with Gasteiger partial charge in [-0.1, -0.05) is 6.92 Å². The van der Waals surface area contributed by atoms with Crippen molar-refractivity contribution in [2.75, 3.05) is 20.1 Å². The summed E-state index contributed by atoms with van der Waals surface area (Å²) in [6, 6.07) is 0. The molecule has 1 aliphatic rings. The van der Waals surface area contributed by atoms with Gasteiger partial charge < -0.3 is 10.6 Å². The molecular formula is C8H18N2. The number of nitrogens with zero attached hydrogens (tertiary/aromatic N) is 1. The van der Waals surface area contributed by atoms with Gasteiger partial charge in [-0.05, 0) is 39.4 Å². The summed E-state index contributed by atoms with van der Waals surface area (Å²) in [6.45, 7) is 4.53. The van der Waals surface area contributed by atoms with Gasteiger partial charge in [-0.15, -0.1) is 0 Å². The van der Waals surface area contributed by atoms with Gasteiger partial charge in [-0.2, -0.15) is 0 Å². The van der Waals surface area contributed by atoms with E-state index in [1.165, 1.54) is 25.9 Å². The minimum atomic E-state index is 0.159. The molecule has 60 valence electrons. The maximum Gasteiger partial charge on any atom is 0.0176 e. The predicted molar refractivity (Wildman–Crippen MR) is 43.9 cm³/mol. The molecule has 0 aromatic rings. The van der Waals surface area contributed by atoms with Gasteiger partial charge in [0.1, 0.15) is 0 Å². The lowest BCUT2D eigenvalue weighted by atomic mass is 9.86. The van der Waals surface area contributed by atoms with Crippen LogP contribution in [0.3, 0.4) is 0 Å². The fourth-order valence-electron chi connectivity index (χ4n) is 1.42. The molecule has 0 atom stereocenters. The molecule has 1 fully saturated rings. The zero-order chi connectivity index (χ0) is 7.61. The molecule has 1 heterocycles. The van der Waals surface area contributed by atoms with Crippen molar-refractivity contribution in [1.29, 1.82) is 0 Å². The number of piperidine rings is 1. The molecule has 0 spiro atoms. The highest BCUT2D eigenvalue weighted by atomic mass is 15.1. The van der Waals surface area contributed by atoms with Crippen molar-refractivity contribution in [3.63, 3.8) is 0 Å². The molecule has 0 radical (unpaired) electrons. The summed E-state index contributed by atoms with van der Waals surface area (Å²) in [5.74, 6) is 0. The Kier molecular flexibility index (Phi) is 2.32. The van der Waals surface area contributed by atoms with Crippen molar-refractivity contribution in [1.82, 2.24) is 4.90 Å². The zero-order valence-corrected chi connectivity index (χ0v) is 7.06. The fraction of sp³-hybridized carbons (Fsp3) is 1.00. The van der Waals surface area contributed by atoms with Crippen LogP contribution in [-0.4, -0.2) is 30.6 Å². The number of likely N-dealkylation sites (tertiary alicyclic amines) is 1. The van der Waals surface area contributed by atoms with Crippen molar-refractivity contribution < 1.29 is 0 Å². The van der Waals surface area contributed by atoms with E-state index in [1.807, 2.05) is 0 Å². The molecule has 0 aromatic carbocycles. The molecule has 10 heavy (non-hydrogen) atoms. The average molecular weight is 142 g/mol. The minimum Gasteiger partial charge on any atom is -0.325 e. The Labute approximate surface area is 63.4 Å². The largest absolute Gasteiger partial charge is 0.325 e. The first kappa shape index (κ1) is 8.02. The first-order valence-electron chi connectivity index (χ1n) is 4.14. The second kappa shape index (κ2) is 2.89. The van der Waals surface area contributed by atoms with Crippen LogP contribution >= 0.6 is 0 Å². The summed E-state index contributed by atoms with van der Waals surface area (Å²) in [5, 5.41) is 0. The molecule has 0 bridgehead atoms. The number of hydrogen-bond donors (Lipinski definition) is 1. The van der Waals surface area contributed by atoms with Gasteiger partial charge in [0.25, 0.3) is 0 Å². The maximum atomic E-state index is 6.09. The van der Waals surface area contributed by atoms with Gasteiger partial charge in [0, 0.05) is 5.54 Å². The quantitative estimate of drug-likeness (QED) is 0.587. The Bertz CT molecular complexity index is 104. The number of rotatable bonds is 1. The van der Waals surface area contributed by atoms with E-state index < -0.39 is 0 Å². The molecule has 2 N–H and O–H groups in total. The number of hydrogen-bond acceptors (Lipinski definition) is 2. The maximum absolute atomic E-state index is 6.09. The molecule has 0 saturated carbocycles. The van der Waals surface area contributed by atoms with Gasteiger partial charge in [0.15, 0.2) is 0 Å². The average Bonchev–Trinajstić information content (AvgIpc) is 1.96. The second-order valence-corrected chi connectivity index (χ2v) is 3.52. The molecule has 0 aliphatic carbocycles. The van der Waals surface area contributed by atoms with Crippen LogP contribution in [0.2, 0.25) is 0 Å². The van der Waals surface area contributed by atoms with E-state index in [1.54, 1.807) is 0 Å². The molecule has 1 rings (SSSR count). The zero-order valence-electron chi connectivity index (χ0n) is 7.06. The second-order valence-electron chi connectivity index (χ2n) is 3.52. The van der Waals surface area contributed by atoms with Crippen LogP contribution in [0.4, 0.5) is 0 Å². The Hall–Kier alpha value is -0.0800. The van der Waals surface area contributed by atoms with Gasteiger partial charge in [0.2, 0.25) is 0 Å². The smallest absolute Gasteiger partial charge is 0.0176 e. The molecule has 2 nitrogen and oxygen atoms in total. The van der Waals surface area contributed by atoms with E-state index >= 15 is 0 Å². The van der Waals surface area contributed by atoms with E-state index in [9.17, 15) is 0 Å². The van der Waals surface area contributed by atoms with Crippen LogP contribution in [-0.2, 0) is 0 Å². The summed E-state index contributed by atoms with van der Waals surface area (Å²) >= 11 is 0. The minimum absolute atomic E-state index is 0.159. The first-order valence-corrected chi connectivity index (χ1v) is 4.14. The van der Waals surface area contributed by atoms with Crippen molar-refractivity contribution in [2.24, 2.45) is 5.73 Å². The summed E-state index contributed by atoms with van der Waals surface area (Å²) < 4.78 is 0. The molecule has 2 heteroatoms. The molecule has 1 saturated heterocycles. The molecule has 0 aromatic heterocycles. The fourth-order valence-corrected chi connectivity index (χ4v) is 1.42. The summed E-state index contributed by atoms with van der Waals surface area (Å²) in [4.78, 5) is 2.35. The van der Waals surface area contributed by atoms with Gasteiger partial charge in [0.05, 0.1) is 0 Å². The van der Waals surface area contributed by atoms with E-state index in [0.29, 0.717) is 0 Å². The standard InChI is InChI=1S/C8H18N2/c1-3-8(9)4-6-10(2)7-5-8/h3-7,9H2,1-2H3. The lowest BCUT2D eigenvalue weighted by Crippen LogP contribution is -2.48. The third kappa shape index (κ3) is 1.70. The molecule has 0 amide bonds. The van der Waals surface area contributed by atoms with E-state index in [-0.39, 0.29) is 5.54 Å². The monoisotopic (exact) mass is 142 g/mol. The lowest BCUT2D eigenvalue weighted by molar-refractivity contribution is 0.186. The Morgan fingerprint density at radius 1 is 1.40 bits per heavy atom. The summed E-state index contributed by atoms with van der Waals surface area (Å²) in [7, 11) is 2.16. The normalized spacial score (nSPS) is 26.7. The van der Waals surface area contributed by atoms with Gasteiger partial charge in [-0.3, -0.25) is 0 Å². The van der Waals surface area contributed by atoms with Crippen molar-refractivity contribution in [3.8, 4) is 0 Å². The molecule has 1 aliphatic heterocycles. The highest BCUT2D eigenvalue weighted by molar-refractivity contribution is 4.87. The van der Waals surface area contributed by atoms with Crippen LogP contribution in [0.15, 0.2) is 0 Å². The van der Waals surface area contributed by atoms with Crippen LogP contribution in [0.1, 0.15) is 26.2 Å². The summed E-state index contributed by atoms with van der Waals surface area (Å²) in [6.07, 6.45) is 3.46. The Balaban J connectivity index is 2.38. The van der Waals surface area contributed by atoms with E-state index in [0.717, 1.165) is 6.42 Å². The Morgan fingerprint density at radius 2 is 1.90 bits per heavy atom. The van der Waals surface area contributed by atoms with Crippen LogP contribution in [0.25, 0.3) is 0 Å². The van der Waals surface area contributed by atoms with Gasteiger partial charge >= 0.3 is 0 Å². The van der Waals surface area contributed by atoms with Crippen LogP contribution < -0.4 is 5.73 Å². The topological polar surface area (TPSA) is 29.3 Å². The third-order valence-electron chi connectivity index (χ3n) is 2.69. The van der Waals surface area contributed by atoms with Crippen molar-refractivity contribution in [2.45, 2.75) is 31.7 Å².